The fraction of sp³-hybridized carbons (Fsp3) is 0.333. The summed E-state index contributed by atoms with van der Waals surface area (Å²) in [6.45, 7) is 1.03. The lowest BCUT2D eigenvalue weighted by atomic mass is 10.1. The maximum Gasteiger partial charge on any atom is 0.254 e. The zero-order valence-corrected chi connectivity index (χ0v) is 10.2. The van der Waals surface area contributed by atoms with Crippen molar-refractivity contribution in [3.63, 3.8) is 0 Å². The van der Waals surface area contributed by atoms with Crippen molar-refractivity contribution in [3.8, 4) is 11.8 Å². The quantitative estimate of drug-likeness (QED) is 0.834. The molecule has 1 N–H and O–H groups in total. The van der Waals surface area contributed by atoms with E-state index in [4.69, 9.17) is 21.6 Å². The van der Waals surface area contributed by atoms with Crippen LogP contribution >= 0.6 is 11.6 Å². The van der Waals surface area contributed by atoms with Crippen LogP contribution in [0.15, 0.2) is 18.2 Å². The lowest BCUT2D eigenvalue weighted by molar-refractivity contribution is 0.00347. The normalized spacial score (nSPS) is 19.3. The van der Waals surface area contributed by atoms with Crippen molar-refractivity contribution >= 4 is 17.5 Å². The molecule has 1 aromatic carbocycles. The Balaban J connectivity index is 2.15. The van der Waals surface area contributed by atoms with E-state index in [0.717, 1.165) is 0 Å². The van der Waals surface area contributed by atoms with Gasteiger partial charge in [0.15, 0.2) is 6.10 Å². The van der Waals surface area contributed by atoms with Crippen LogP contribution < -0.4 is 0 Å². The summed E-state index contributed by atoms with van der Waals surface area (Å²) in [6, 6.07) is 6.26. The standard InChI is InChI=1S/C12H11ClN2O3/c13-10-5-8(1-2-11(10)16)12(17)15-3-4-18-9(6-14)7-15/h1-2,5,9,16H,3-4,7H2. The number of carbonyl (C=O) groups excluding carboxylic acids is 1. The zero-order valence-electron chi connectivity index (χ0n) is 9.47. The minimum absolute atomic E-state index is 0.0647. The number of rotatable bonds is 1. The second-order valence-electron chi connectivity index (χ2n) is 3.91. The molecule has 1 heterocycles. The van der Waals surface area contributed by atoms with Gasteiger partial charge < -0.3 is 14.7 Å². The summed E-state index contributed by atoms with van der Waals surface area (Å²) in [5.74, 6) is -0.287. The molecule has 1 unspecified atom stereocenters. The molecule has 0 saturated carbocycles. The third-order valence-electron chi connectivity index (χ3n) is 2.69. The average Bonchev–Trinajstić information content (AvgIpc) is 2.41. The Kier molecular flexibility index (Phi) is 3.70. The van der Waals surface area contributed by atoms with Crippen LogP contribution in [0.4, 0.5) is 0 Å². The molecule has 0 spiro atoms. The number of nitrogens with zero attached hydrogens (tertiary/aromatic N) is 2. The lowest BCUT2D eigenvalue weighted by Crippen LogP contribution is -2.45. The Morgan fingerprint density at radius 2 is 2.39 bits per heavy atom. The lowest BCUT2D eigenvalue weighted by Gasteiger charge is -2.29. The highest BCUT2D eigenvalue weighted by Gasteiger charge is 2.25. The smallest absolute Gasteiger partial charge is 0.254 e. The Labute approximate surface area is 109 Å². The molecule has 6 heteroatoms. The number of nitriles is 1. The maximum atomic E-state index is 12.1. The Bertz CT molecular complexity index is 513. The number of ether oxygens (including phenoxy) is 1. The summed E-state index contributed by atoms with van der Waals surface area (Å²) in [6.07, 6.45) is -0.588. The molecule has 0 radical (unpaired) electrons. The van der Waals surface area contributed by atoms with Gasteiger partial charge in [-0.1, -0.05) is 11.6 Å². The van der Waals surface area contributed by atoms with Gasteiger partial charge in [0.25, 0.3) is 5.91 Å². The van der Waals surface area contributed by atoms with Crippen molar-refractivity contribution in [2.45, 2.75) is 6.10 Å². The number of benzene rings is 1. The van der Waals surface area contributed by atoms with Crippen molar-refractivity contribution in [1.82, 2.24) is 4.90 Å². The molecular formula is C12H11ClN2O3. The summed E-state index contributed by atoms with van der Waals surface area (Å²) < 4.78 is 5.17. The van der Waals surface area contributed by atoms with Crippen LogP contribution in [0.25, 0.3) is 0 Å². The number of hydrogen-bond acceptors (Lipinski definition) is 4. The first-order valence-electron chi connectivity index (χ1n) is 5.41. The van der Waals surface area contributed by atoms with Crippen molar-refractivity contribution < 1.29 is 14.6 Å². The van der Waals surface area contributed by atoms with E-state index in [1.165, 1.54) is 18.2 Å². The highest BCUT2D eigenvalue weighted by atomic mass is 35.5. The Morgan fingerprint density at radius 3 is 3.06 bits per heavy atom. The molecule has 94 valence electrons. The number of morpholine rings is 1. The minimum atomic E-state index is -0.588. The first-order chi connectivity index (χ1) is 8.61. The Morgan fingerprint density at radius 1 is 1.61 bits per heavy atom. The van der Waals surface area contributed by atoms with Gasteiger partial charge in [-0.2, -0.15) is 5.26 Å². The zero-order chi connectivity index (χ0) is 13.1. The molecule has 0 aliphatic carbocycles. The van der Waals surface area contributed by atoms with Gasteiger partial charge in [0.05, 0.1) is 24.2 Å². The highest BCUT2D eigenvalue weighted by molar-refractivity contribution is 6.32. The van der Waals surface area contributed by atoms with Crippen molar-refractivity contribution in [1.29, 1.82) is 5.26 Å². The highest BCUT2D eigenvalue weighted by Crippen LogP contribution is 2.24. The molecule has 0 aromatic heterocycles. The summed E-state index contributed by atoms with van der Waals surface area (Å²) in [5, 5.41) is 18.2. The summed E-state index contributed by atoms with van der Waals surface area (Å²) in [7, 11) is 0. The number of phenols is 1. The number of hydrogen-bond donors (Lipinski definition) is 1. The number of phenolic OH excluding ortho intramolecular Hbond substituents is 1. The minimum Gasteiger partial charge on any atom is -0.506 e. The van der Waals surface area contributed by atoms with Gasteiger partial charge >= 0.3 is 0 Å². The molecule has 18 heavy (non-hydrogen) atoms. The molecule has 2 rings (SSSR count). The van der Waals surface area contributed by atoms with E-state index in [1.54, 1.807) is 4.90 Å². The van der Waals surface area contributed by atoms with Crippen LogP contribution in [0, 0.1) is 11.3 Å². The van der Waals surface area contributed by atoms with Gasteiger partial charge in [0, 0.05) is 12.1 Å². The van der Waals surface area contributed by atoms with Crippen molar-refractivity contribution in [2.75, 3.05) is 19.7 Å². The van der Waals surface area contributed by atoms with E-state index in [1.807, 2.05) is 6.07 Å². The van der Waals surface area contributed by atoms with Crippen molar-refractivity contribution in [3.05, 3.63) is 28.8 Å². The third kappa shape index (κ3) is 2.55. The maximum absolute atomic E-state index is 12.1. The molecule has 1 fully saturated rings. The van der Waals surface area contributed by atoms with Crippen LogP contribution in [0.2, 0.25) is 5.02 Å². The molecule has 5 nitrogen and oxygen atoms in total. The van der Waals surface area contributed by atoms with Crippen LogP contribution in [-0.2, 0) is 4.74 Å². The number of aromatic hydroxyl groups is 1. The number of amides is 1. The van der Waals surface area contributed by atoms with Gasteiger partial charge in [-0.15, -0.1) is 0 Å². The van der Waals surface area contributed by atoms with Gasteiger partial charge in [0.1, 0.15) is 5.75 Å². The van der Waals surface area contributed by atoms with E-state index >= 15 is 0 Å². The summed E-state index contributed by atoms with van der Waals surface area (Å²) in [5.41, 5.74) is 0.386. The van der Waals surface area contributed by atoms with Gasteiger partial charge in [-0.3, -0.25) is 4.79 Å². The summed E-state index contributed by atoms with van der Waals surface area (Å²) >= 11 is 5.76. The first kappa shape index (κ1) is 12.7. The predicted molar refractivity (Wildman–Crippen MR) is 64.4 cm³/mol. The van der Waals surface area contributed by atoms with Gasteiger partial charge in [-0.05, 0) is 18.2 Å². The molecule has 1 aliphatic rings. The monoisotopic (exact) mass is 266 g/mol. The third-order valence-corrected chi connectivity index (χ3v) is 3.00. The second-order valence-corrected chi connectivity index (χ2v) is 4.31. The molecular weight excluding hydrogens is 256 g/mol. The van der Waals surface area contributed by atoms with Crippen LogP contribution in [0.1, 0.15) is 10.4 Å². The first-order valence-corrected chi connectivity index (χ1v) is 5.78. The molecule has 1 aliphatic heterocycles. The largest absolute Gasteiger partial charge is 0.506 e. The molecule has 1 amide bonds. The van der Waals surface area contributed by atoms with Gasteiger partial charge in [0.2, 0.25) is 0 Å². The van der Waals surface area contributed by atoms with Gasteiger partial charge in [-0.25, -0.2) is 0 Å². The molecule has 1 saturated heterocycles. The topological polar surface area (TPSA) is 73.6 Å². The molecule has 0 bridgehead atoms. The van der Waals surface area contributed by atoms with E-state index in [2.05, 4.69) is 0 Å². The fourth-order valence-corrected chi connectivity index (χ4v) is 1.91. The van der Waals surface area contributed by atoms with E-state index in [9.17, 15) is 9.90 Å². The van der Waals surface area contributed by atoms with Crippen LogP contribution in [0.3, 0.4) is 0 Å². The van der Waals surface area contributed by atoms with Crippen molar-refractivity contribution in [2.24, 2.45) is 0 Å². The van der Waals surface area contributed by atoms with E-state index in [-0.39, 0.29) is 23.2 Å². The SMILES string of the molecule is N#CC1CN(C(=O)c2ccc(O)c(Cl)c2)CCO1. The Hall–Kier alpha value is -1.77. The second kappa shape index (κ2) is 5.25. The summed E-state index contributed by atoms with van der Waals surface area (Å²) in [4.78, 5) is 13.7. The predicted octanol–water partition coefficient (Wildman–Crippen LogP) is 1.41. The van der Waals surface area contributed by atoms with Crippen LogP contribution in [-0.4, -0.2) is 41.7 Å². The number of carbonyl (C=O) groups is 1. The van der Waals surface area contributed by atoms with E-state index in [0.29, 0.717) is 18.7 Å². The van der Waals surface area contributed by atoms with E-state index < -0.39 is 6.10 Å². The number of halogens is 1. The fourth-order valence-electron chi connectivity index (χ4n) is 1.73. The average molecular weight is 267 g/mol. The van der Waals surface area contributed by atoms with Crippen LogP contribution in [0.5, 0.6) is 5.75 Å². The molecule has 1 aromatic rings. The molecule has 1 atom stereocenters.